The number of fused-ring (bicyclic) bond motifs is 1. The van der Waals surface area contributed by atoms with Crippen LogP contribution in [0.5, 0.6) is 0 Å². The van der Waals surface area contributed by atoms with Crippen LogP contribution in [-0.2, 0) is 6.54 Å². The topological polar surface area (TPSA) is 95.4 Å². The maximum absolute atomic E-state index is 5.83. The lowest BCUT2D eigenvalue weighted by atomic mass is 10.4. The molecule has 3 heterocycles. The first kappa shape index (κ1) is 11.5. The summed E-state index contributed by atoms with van der Waals surface area (Å²) in [6, 6.07) is 0. The molecule has 7 nitrogen and oxygen atoms in total. The second-order valence-electron chi connectivity index (χ2n) is 4.35. The van der Waals surface area contributed by atoms with E-state index in [-0.39, 0.29) is 0 Å². The number of rotatable bonds is 2. The predicted octanol–water partition coefficient (Wildman–Crippen LogP) is 0.864. The van der Waals surface area contributed by atoms with Crippen molar-refractivity contribution in [2.75, 3.05) is 5.73 Å². The minimum atomic E-state index is 0.399. The smallest absolute Gasteiger partial charge is 0.166 e. The first-order chi connectivity index (χ1) is 9.13. The minimum Gasteiger partial charge on any atom is -0.382 e. The molecule has 0 saturated carbocycles. The lowest BCUT2D eigenvalue weighted by molar-refractivity contribution is 0.777. The molecule has 2 N–H and O–H groups in total. The fraction of sp³-hybridized carbons (Fsp3) is 0.250. The van der Waals surface area contributed by atoms with Gasteiger partial charge in [-0.2, -0.15) is 0 Å². The van der Waals surface area contributed by atoms with Gasteiger partial charge in [0.25, 0.3) is 0 Å². The standard InChI is InChI=1S/C12H13N7/c1-7-3-15-9(4-14-7)5-19-6-16-10-11(13)17-8(2)18-12(10)19/h3-4,6H,5H2,1-2H3,(H2,13,17,18). The molecule has 7 heteroatoms. The Bertz CT molecular complexity index is 730. The molecule has 0 unspecified atom stereocenters. The van der Waals surface area contributed by atoms with Crippen LogP contribution in [0.1, 0.15) is 17.2 Å². The summed E-state index contributed by atoms with van der Waals surface area (Å²) in [6.45, 7) is 4.26. The molecule has 0 bridgehead atoms. The molecule has 0 aliphatic heterocycles. The molecule has 0 atom stereocenters. The molecule has 96 valence electrons. The Balaban J connectivity index is 2.03. The lowest BCUT2D eigenvalue weighted by Gasteiger charge is -2.04. The van der Waals surface area contributed by atoms with E-state index < -0.39 is 0 Å². The highest BCUT2D eigenvalue weighted by Gasteiger charge is 2.10. The molecule has 0 aliphatic carbocycles. The van der Waals surface area contributed by atoms with Gasteiger partial charge in [-0.05, 0) is 13.8 Å². The Morgan fingerprint density at radius 3 is 2.68 bits per heavy atom. The highest BCUT2D eigenvalue weighted by molar-refractivity contribution is 5.81. The van der Waals surface area contributed by atoms with E-state index in [1.165, 1.54) is 0 Å². The van der Waals surface area contributed by atoms with Crippen molar-refractivity contribution < 1.29 is 0 Å². The third-order valence-corrected chi connectivity index (χ3v) is 2.77. The van der Waals surface area contributed by atoms with Crippen molar-refractivity contribution in [3.63, 3.8) is 0 Å². The molecule has 0 aliphatic rings. The Kier molecular flexibility index (Phi) is 2.59. The third-order valence-electron chi connectivity index (χ3n) is 2.77. The van der Waals surface area contributed by atoms with Crippen molar-refractivity contribution in [1.29, 1.82) is 0 Å². The molecule has 0 aromatic carbocycles. The van der Waals surface area contributed by atoms with Gasteiger partial charge in [0.1, 0.15) is 11.3 Å². The van der Waals surface area contributed by atoms with Crippen LogP contribution in [-0.4, -0.2) is 29.5 Å². The molecule has 0 amide bonds. The Morgan fingerprint density at radius 2 is 1.95 bits per heavy atom. The predicted molar refractivity (Wildman–Crippen MR) is 70.3 cm³/mol. The van der Waals surface area contributed by atoms with Crippen molar-refractivity contribution in [3.05, 3.63) is 35.9 Å². The first-order valence-corrected chi connectivity index (χ1v) is 5.86. The number of aryl methyl sites for hydroxylation is 2. The molecule has 3 rings (SSSR count). The third kappa shape index (κ3) is 2.10. The second-order valence-corrected chi connectivity index (χ2v) is 4.35. The largest absolute Gasteiger partial charge is 0.382 e. The van der Waals surface area contributed by atoms with Gasteiger partial charge in [-0.3, -0.25) is 9.97 Å². The van der Waals surface area contributed by atoms with Crippen LogP contribution in [0.25, 0.3) is 11.2 Å². The molecular weight excluding hydrogens is 242 g/mol. The summed E-state index contributed by atoms with van der Waals surface area (Å²) in [5.74, 6) is 1.03. The number of hydrogen-bond acceptors (Lipinski definition) is 6. The average molecular weight is 255 g/mol. The van der Waals surface area contributed by atoms with Crippen LogP contribution in [0.3, 0.4) is 0 Å². The SMILES string of the molecule is Cc1cnc(Cn2cnc3c(N)nc(C)nc32)cn1. The highest BCUT2D eigenvalue weighted by Crippen LogP contribution is 2.16. The van der Waals surface area contributed by atoms with Gasteiger partial charge in [0, 0.05) is 6.20 Å². The number of nitrogens with zero attached hydrogens (tertiary/aromatic N) is 6. The van der Waals surface area contributed by atoms with Gasteiger partial charge in [0.2, 0.25) is 0 Å². The second kappa shape index (κ2) is 4.27. The van der Waals surface area contributed by atoms with E-state index in [9.17, 15) is 0 Å². The Hall–Kier alpha value is -2.57. The first-order valence-electron chi connectivity index (χ1n) is 5.86. The summed E-state index contributed by atoms with van der Waals surface area (Å²) in [5.41, 5.74) is 8.90. The van der Waals surface area contributed by atoms with E-state index in [0.717, 1.165) is 11.4 Å². The minimum absolute atomic E-state index is 0.399. The van der Waals surface area contributed by atoms with E-state index in [0.29, 0.717) is 29.4 Å². The van der Waals surface area contributed by atoms with Gasteiger partial charge in [0.05, 0.1) is 30.5 Å². The van der Waals surface area contributed by atoms with Gasteiger partial charge in [-0.15, -0.1) is 0 Å². The molecule has 19 heavy (non-hydrogen) atoms. The maximum Gasteiger partial charge on any atom is 0.166 e. The van der Waals surface area contributed by atoms with Crippen molar-refractivity contribution in [2.24, 2.45) is 0 Å². The van der Waals surface area contributed by atoms with Crippen LogP contribution in [0.15, 0.2) is 18.7 Å². The fourth-order valence-electron chi connectivity index (χ4n) is 1.87. The maximum atomic E-state index is 5.83. The van der Waals surface area contributed by atoms with Crippen LogP contribution in [0.4, 0.5) is 5.82 Å². The van der Waals surface area contributed by atoms with Crippen molar-refractivity contribution in [1.82, 2.24) is 29.5 Å². The normalized spacial score (nSPS) is 11.1. The summed E-state index contributed by atoms with van der Waals surface area (Å²) in [5, 5.41) is 0. The van der Waals surface area contributed by atoms with Crippen LogP contribution >= 0.6 is 0 Å². The lowest BCUT2D eigenvalue weighted by Crippen LogP contribution is -2.04. The molecule has 0 spiro atoms. The summed E-state index contributed by atoms with van der Waals surface area (Å²) in [6.07, 6.45) is 5.18. The zero-order valence-corrected chi connectivity index (χ0v) is 10.7. The zero-order chi connectivity index (χ0) is 13.4. The number of aromatic nitrogens is 6. The Labute approximate surface area is 109 Å². The quantitative estimate of drug-likeness (QED) is 0.729. The van der Waals surface area contributed by atoms with Crippen LogP contribution in [0.2, 0.25) is 0 Å². The van der Waals surface area contributed by atoms with Crippen molar-refractivity contribution in [2.45, 2.75) is 20.4 Å². The van der Waals surface area contributed by atoms with Gasteiger partial charge in [-0.25, -0.2) is 15.0 Å². The van der Waals surface area contributed by atoms with E-state index in [4.69, 9.17) is 5.73 Å². The molecule has 0 radical (unpaired) electrons. The molecule has 0 fully saturated rings. The Morgan fingerprint density at radius 1 is 1.11 bits per heavy atom. The molecule has 3 aromatic rings. The van der Waals surface area contributed by atoms with Gasteiger partial charge < -0.3 is 10.3 Å². The van der Waals surface area contributed by atoms with Gasteiger partial charge in [-0.1, -0.05) is 0 Å². The number of nitrogens with two attached hydrogens (primary N) is 1. The monoisotopic (exact) mass is 255 g/mol. The summed E-state index contributed by atoms with van der Waals surface area (Å²) >= 11 is 0. The molecular formula is C12H13N7. The highest BCUT2D eigenvalue weighted by atomic mass is 15.1. The van der Waals surface area contributed by atoms with Crippen molar-refractivity contribution >= 4 is 17.0 Å². The van der Waals surface area contributed by atoms with Gasteiger partial charge >= 0.3 is 0 Å². The zero-order valence-electron chi connectivity index (χ0n) is 10.7. The van der Waals surface area contributed by atoms with Crippen LogP contribution < -0.4 is 5.73 Å². The number of anilines is 1. The van der Waals surface area contributed by atoms with E-state index in [1.54, 1.807) is 25.6 Å². The number of nitrogen functional groups attached to an aromatic ring is 1. The number of imidazole rings is 1. The summed E-state index contributed by atoms with van der Waals surface area (Å²) in [7, 11) is 0. The summed E-state index contributed by atoms with van der Waals surface area (Å²) in [4.78, 5) is 21.2. The summed E-state index contributed by atoms with van der Waals surface area (Å²) < 4.78 is 1.89. The fourth-order valence-corrected chi connectivity index (χ4v) is 1.87. The van der Waals surface area contributed by atoms with Crippen molar-refractivity contribution in [3.8, 4) is 0 Å². The number of hydrogen-bond donors (Lipinski definition) is 1. The van der Waals surface area contributed by atoms with Crippen LogP contribution in [0, 0.1) is 13.8 Å². The van der Waals surface area contributed by atoms with E-state index in [2.05, 4.69) is 24.9 Å². The van der Waals surface area contributed by atoms with Gasteiger partial charge in [0.15, 0.2) is 11.5 Å². The molecule has 0 saturated heterocycles. The average Bonchev–Trinajstić information content (AvgIpc) is 2.76. The van der Waals surface area contributed by atoms with E-state index >= 15 is 0 Å². The molecule has 3 aromatic heterocycles. The van der Waals surface area contributed by atoms with E-state index in [1.807, 2.05) is 11.5 Å².